The van der Waals surface area contributed by atoms with E-state index in [1.165, 1.54) is 4.68 Å². The fraction of sp³-hybridized carbons (Fsp3) is 0.391. The fourth-order valence-electron chi connectivity index (χ4n) is 3.61. The van der Waals surface area contributed by atoms with Gasteiger partial charge in [-0.1, -0.05) is 32.9 Å². The van der Waals surface area contributed by atoms with Gasteiger partial charge in [-0.25, -0.2) is 9.78 Å². The fourth-order valence-corrected chi connectivity index (χ4v) is 3.61. The number of benzene rings is 1. The number of nitrogens with one attached hydrogen (secondary N) is 3. The number of carbonyl (C=O) groups is 1. The van der Waals surface area contributed by atoms with Gasteiger partial charge in [0.1, 0.15) is 11.6 Å². The van der Waals surface area contributed by atoms with Gasteiger partial charge in [0.15, 0.2) is 0 Å². The molecule has 9 nitrogen and oxygen atoms in total. The molecule has 0 saturated carbocycles. The highest BCUT2D eigenvalue weighted by molar-refractivity contribution is 5.88. The lowest BCUT2D eigenvalue weighted by atomic mass is 9.92. The van der Waals surface area contributed by atoms with Gasteiger partial charge < -0.3 is 10.1 Å². The number of fused-ring (bicyclic) bond motifs is 1. The summed E-state index contributed by atoms with van der Waals surface area (Å²) >= 11 is 0. The van der Waals surface area contributed by atoms with E-state index >= 15 is 0 Å². The molecule has 4 rings (SSSR count). The maximum Gasteiger partial charge on any atom is 0.320 e. The Labute approximate surface area is 186 Å². The highest BCUT2D eigenvalue weighted by atomic mass is 16.5. The second-order valence-corrected chi connectivity index (χ2v) is 8.90. The van der Waals surface area contributed by atoms with Gasteiger partial charge in [0, 0.05) is 23.6 Å². The average Bonchev–Trinajstić information content (AvgIpc) is 3.40. The molecule has 0 fully saturated rings. The minimum atomic E-state index is -0.383. The summed E-state index contributed by atoms with van der Waals surface area (Å²) in [5.41, 5.74) is 2.85. The van der Waals surface area contributed by atoms with Crippen molar-refractivity contribution >= 4 is 11.8 Å². The van der Waals surface area contributed by atoms with Crippen molar-refractivity contribution in [3.63, 3.8) is 0 Å². The standard InChI is InChI=1S/C23H28N6O3/c1-23(2,3)18-12-19(26-22(31)24-13-14-8-10-15(32-4)11-9-14)29(28-18)21-25-17-7-5-6-16(17)20(30)27-21/h8-12H,5-7,13H2,1-4H3,(H2,24,26,31)(H,25,27,30). The lowest BCUT2D eigenvalue weighted by molar-refractivity contribution is 0.251. The van der Waals surface area contributed by atoms with Crippen LogP contribution in [-0.2, 0) is 24.8 Å². The molecule has 3 aromatic rings. The van der Waals surface area contributed by atoms with Gasteiger partial charge in [0.25, 0.3) is 5.56 Å². The SMILES string of the molecule is COc1ccc(CNC(=O)Nc2cc(C(C)(C)C)nn2-c2nc3c(c(=O)[nH]2)CCC3)cc1. The van der Waals surface area contributed by atoms with Crippen molar-refractivity contribution in [1.82, 2.24) is 25.1 Å². The number of anilines is 1. The first-order valence-corrected chi connectivity index (χ1v) is 10.7. The van der Waals surface area contributed by atoms with Crippen molar-refractivity contribution in [3.8, 4) is 11.7 Å². The van der Waals surface area contributed by atoms with Crippen molar-refractivity contribution in [1.29, 1.82) is 0 Å². The van der Waals surface area contributed by atoms with Crippen LogP contribution in [0.15, 0.2) is 35.1 Å². The second-order valence-electron chi connectivity index (χ2n) is 8.90. The molecule has 2 aromatic heterocycles. The normalized spacial score (nSPS) is 13.0. The molecule has 0 unspecified atom stereocenters. The molecular formula is C23H28N6O3. The Bertz CT molecular complexity index is 1190. The number of amides is 2. The number of aryl methyl sites for hydroxylation is 1. The van der Waals surface area contributed by atoms with Crippen LogP contribution < -0.4 is 20.9 Å². The summed E-state index contributed by atoms with van der Waals surface area (Å²) in [6.45, 7) is 6.45. The number of aromatic amines is 1. The predicted molar refractivity (Wildman–Crippen MR) is 122 cm³/mol. The Morgan fingerprint density at radius 2 is 1.97 bits per heavy atom. The molecule has 0 atom stereocenters. The van der Waals surface area contributed by atoms with Gasteiger partial charge in [-0.15, -0.1) is 0 Å². The van der Waals surface area contributed by atoms with Crippen LogP contribution in [0.2, 0.25) is 0 Å². The monoisotopic (exact) mass is 436 g/mol. The number of rotatable bonds is 5. The van der Waals surface area contributed by atoms with E-state index in [2.05, 4.69) is 25.7 Å². The van der Waals surface area contributed by atoms with Crippen LogP contribution in [0.5, 0.6) is 5.75 Å². The summed E-state index contributed by atoms with van der Waals surface area (Å²) in [6, 6.07) is 8.89. The number of ether oxygens (including phenoxy) is 1. The quantitative estimate of drug-likeness (QED) is 0.569. The van der Waals surface area contributed by atoms with Crippen LogP contribution in [0.1, 0.15) is 49.7 Å². The molecule has 0 spiro atoms. The van der Waals surface area contributed by atoms with Gasteiger partial charge in [-0.05, 0) is 37.0 Å². The molecule has 32 heavy (non-hydrogen) atoms. The van der Waals surface area contributed by atoms with Crippen LogP contribution in [0.4, 0.5) is 10.6 Å². The first-order valence-electron chi connectivity index (χ1n) is 10.7. The van der Waals surface area contributed by atoms with E-state index in [1.807, 2.05) is 45.0 Å². The maximum absolute atomic E-state index is 12.6. The number of hydrogen-bond donors (Lipinski definition) is 3. The van der Waals surface area contributed by atoms with E-state index in [0.717, 1.165) is 47.5 Å². The molecule has 3 N–H and O–H groups in total. The number of H-pyrrole nitrogens is 1. The topological polar surface area (TPSA) is 114 Å². The number of carbonyl (C=O) groups excluding carboxylic acids is 1. The van der Waals surface area contributed by atoms with E-state index in [-0.39, 0.29) is 17.0 Å². The third kappa shape index (κ3) is 4.51. The molecule has 9 heteroatoms. The summed E-state index contributed by atoms with van der Waals surface area (Å²) in [5, 5.41) is 10.3. The van der Waals surface area contributed by atoms with Crippen molar-refractivity contribution in [2.45, 2.75) is 52.0 Å². The van der Waals surface area contributed by atoms with Crippen LogP contribution >= 0.6 is 0 Å². The zero-order chi connectivity index (χ0) is 22.9. The molecule has 1 aliphatic rings. The van der Waals surface area contributed by atoms with E-state index in [1.54, 1.807) is 13.2 Å². The summed E-state index contributed by atoms with van der Waals surface area (Å²) in [6.07, 6.45) is 2.42. The number of methoxy groups -OCH3 is 1. The Morgan fingerprint density at radius 3 is 2.66 bits per heavy atom. The number of urea groups is 1. The van der Waals surface area contributed by atoms with Crippen molar-refractivity contribution < 1.29 is 9.53 Å². The van der Waals surface area contributed by atoms with Crippen LogP contribution in [0, 0.1) is 0 Å². The number of hydrogen-bond acceptors (Lipinski definition) is 5. The third-order valence-corrected chi connectivity index (χ3v) is 5.46. The van der Waals surface area contributed by atoms with E-state index in [4.69, 9.17) is 4.74 Å². The highest BCUT2D eigenvalue weighted by Gasteiger charge is 2.24. The Balaban J connectivity index is 1.57. The molecule has 0 radical (unpaired) electrons. The predicted octanol–water partition coefficient (Wildman–Crippen LogP) is 3.07. The van der Waals surface area contributed by atoms with Crippen molar-refractivity contribution in [2.75, 3.05) is 12.4 Å². The summed E-state index contributed by atoms with van der Waals surface area (Å²) in [5.74, 6) is 1.49. The lowest BCUT2D eigenvalue weighted by Gasteiger charge is -2.14. The van der Waals surface area contributed by atoms with E-state index in [0.29, 0.717) is 18.3 Å². The Hall–Kier alpha value is -3.62. The van der Waals surface area contributed by atoms with Gasteiger partial charge in [-0.2, -0.15) is 9.78 Å². The minimum absolute atomic E-state index is 0.148. The van der Waals surface area contributed by atoms with Crippen LogP contribution in [0.3, 0.4) is 0 Å². The summed E-state index contributed by atoms with van der Waals surface area (Å²) in [4.78, 5) is 32.6. The molecule has 1 aromatic carbocycles. The molecule has 168 valence electrons. The average molecular weight is 437 g/mol. The first-order chi connectivity index (χ1) is 15.2. The number of aromatic nitrogens is 4. The molecule has 1 aliphatic carbocycles. The molecule has 0 saturated heterocycles. The molecule has 0 aliphatic heterocycles. The zero-order valence-electron chi connectivity index (χ0n) is 18.8. The molecule has 2 heterocycles. The Kier molecular flexibility index (Phi) is 5.73. The van der Waals surface area contributed by atoms with Crippen molar-refractivity contribution in [3.05, 3.63) is 63.2 Å². The van der Waals surface area contributed by atoms with Crippen LogP contribution in [0.25, 0.3) is 5.95 Å². The minimum Gasteiger partial charge on any atom is -0.497 e. The van der Waals surface area contributed by atoms with Gasteiger partial charge in [-0.3, -0.25) is 15.1 Å². The lowest BCUT2D eigenvalue weighted by Crippen LogP contribution is -2.29. The first kappa shape index (κ1) is 21.6. The number of nitrogens with zero attached hydrogens (tertiary/aromatic N) is 3. The van der Waals surface area contributed by atoms with Gasteiger partial charge in [0.2, 0.25) is 5.95 Å². The van der Waals surface area contributed by atoms with E-state index in [9.17, 15) is 9.59 Å². The third-order valence-electron chi connectivity index (χ3n) is 5.46. The van der Waals surface area contributed by atoms with Gasteiger partial charge >= 0.3 is 6.03 Å². The molecule has 2 amide bonds. The smallest absolute Gasteiger partial charge is 0.320 e. The molecular weight excluding hydrogens is 408 g/mol. The van der Waals surface area contributed by atoms with Crippen molar-refractivity contribution in [2.24, 2.45) is 0 Å². The maximum atomic E-state index is 12.6. The summed E-state index contributed by atoms with van der Waals surface area (Å²) in [7, 11) is 1.61. The van der Waals surface area contributed by atoms with Gasteiger partial charge in [0.05, 0.1) is 18.5 Å². The zero-order valence-corrected chi connectivity index (χ0v) is 18.8. The molecule has 0 bridgehead atoms. The second kappa shape index (κ2) is 8.49. The van der Waals surface area contributed by atoms with Crippen LogP contribution in [-0.4, -0.2) is 32.9 Å². The van der Waals surface area contributed by atoms with E-state index < -0.39 is 0 Å². The summed E-state index contributed by atoms with van der Waals surface area (Å²) < 4.78 is 6.65. The largest absolute Gasteiger partial charge is 0.497 e. The highest BCUT2D eigenvalue weighted by Crippen LogP contribution is 2.26. The Morgan fingerprint density at radius 1 is 1.22 bits per heavy atom.